The molecule has 16 heavy (non-hydrogen) atoms. The summed E-state index contributed by atoms with van der Waals surface area (Å²) in [5.74, 6) is 1.05. The van der Waals surface area contributed by atoms with E-state index in [0.717, 1.165) is 24.3 Å². The molecule has 0 spiro atoms. The fraction of sp³-hybridized carbons (Fsp3) is 0.538. The van der Waals surface area contributed by atoms with Gasteiger partial charge in [0.1, 0.15) is 17.1 Å². The average Bonchev–Trinajstić information content (AvgIpc) is 2.15. The van der Waals surface area contributed by atoms with Gasteiger partial charge in [-0.1, -0.05) is 13.0 Å². The molecule has 1 aliphatic heterocycles. The highest BCUT2D eigenvalue weighted by atomic mass is 16.5. The van der Waals surface area contributed by atoms with E-state index in [1.54, 1.807) is 12.1 Å². The number of nitrogens with one attached hydrogen (secondary N) is 1. The molecule has 2 N–H and O–H groups in total. The molecule has 1 aromatic rings. The van der Waals surface area contributed by atoms with Gasteiger partial charge in [0.2, 0.25) is 0 Å². The highest BCUT2D eigenvalue weighted by Gasteiger charge is 2.33. The van der Waals surface area contributed by atoms with E-state index in [2.05, 4.69) is 26.1 Å². The highest BCUT2D eigenvalue weighted by Crippen LogP contribution is 2.40. The van der Waals surface area contributed by atoms with Crippen molar-refractivity contribution in [3.05, 3.63) is 23.8 Å². The summed E-state index contributed by atoms with van der Waals surface area (Å²) >= 11 is 0. The average molecular weight is 221 g/mol. The van der Waals surface area contributed by atoms with Crippen LogP contribution in [0.15, 0.2) is 18.2 Å². The minimum Gasteiger partial charge on any atom is -0.508 e. The van der Waals surface area contributed by atoms with Gasteiger partial charge in [0, 0.05) is 24.1 Å². The molecule has 1 aromatic carbocycles. The minimum atomic E-state index is -0.187. The van der Waals surface area contributed by atoms with Crippen molar-refractivity contribution in [2.75, 3.05) is 6.54 Å². The van der Waals surface area contributed by atoms with Crippen LogP contribution in [0.25, 0.3) is 0 Å². The van der Waals surface area contributed by atoms with Crippen molar-refractivity contribution in [3.8, 4) is 11.5 Å². The Balaban J connectivity index is 2.38. The van der Waals surface area contributed by atoms with E-state index < -0.39 is 0 Å². The Labute approximate surface area is 96.4 Å². The van der Waals surface area contributed by atoms with Crippen molar-refractivity contribution in [1.29, 1.82) is 0 Å². The van der Waals surface area contributed by atoms with Gasteiger partial charge in [0.15, 0.2) is 0 Å². The molecule has 0 aliphatic carbocycles. The maximum atomic E-state index is 9.47. The van der Waals surface area contributed by atoms with Crippen LogP contribution in [0, 0.1) is 0 Å². The van der Waals surface area contributed by atoms with Crippen molar-refractivity contribution in [2.45, 2.75) is 38.8 Å². The summed E-state index contributed by atoms with van der Waals surface area (Å²) in [6.45, 7) is 7.18. The van der Waals surface area contributed by atoms with E-state index in [4.69, 9.17) is 4.74 Å². The number of fused-ring (bicyclic) bond motifs is 1. The highest BCUT2D eigenvalue weighted by molar-refractivity contribution is 5.43. The topological polar surface area (TPSA) is 41.5 Å². The molecule has 0 amide bonds. The third-order valence-electron chi connectivity index (χ3n) is 2.91. The van der Waals surface area contributed by atoms with Crippen LogP contribution in [0.4, 0.5) is 0 Å². The lowest BCUT2D eigenvalue weighted by atomic mass is 9.89. The van der Waals surface area contributed by atoms with Gasteiger partial charge in [0.05, 0.1) is 0 Å². The van der Waals surface area contributed by atoms with Gasteiger partial charge in [-0.15, -0.1) is 0 Å². The van der Waals surface area contributed by atoms with Crippen LogP contribution in [0.1, 0.15) is 38.8 Å². The number of ether oxygens (including phenoxy) is 1. The van der Waals surface area contributed by atoms with E-state index in [9.17, 15) is 5.11 Å². The molecule has 0 saturated carbocycles. The molecule has 3 heteroatoms. The zero-order chi connectivity index (χ0) is 11.8. The Morgan fingerprint density at radius 3 is 2.94 bits per heavy atom. The summed E-state index contributed by atoms with van der Waals surface area (Å²) in [6.07, 6.45) is 0.943. The van der Waals surface area contributed by atoms with Crippen molar-refractivity contribution in [3.63, 3.8) is 0 Å². The van der Waals surface area contributed by atoms with Crippen LogP contribution in [0.3, 0.4) is 0 Å². The van der Waals surface area contributed by atoms with E-state index in [0.29, 0.717) is 6.04 Å². The summed E-state index contributed by atoms with van der Waals surface area (Å²) in [4.78, 5) is 0. The molecule has 0 bridgehead atoms. The first-order valence-electron chi connectivity index (χ1n) is 5.77. The summed E-state index contributed by atoms with van der Waals surface area (Å²) in [5, 5.41) is 12.9. The number of phenols is 1. The summed E-state index contributed by atoms with van der Waals surface area (Å²) in [7, 11) is 0. The molecule has 2 rings (SSSR count). The van der Waals surface area contributed by atoms with Gasteiger partial charge < -0.3 is 15.2 Å². The first-order chi connectivity index (χ1) is 7.52. The van der Waals surface area contributed by atoms with Gasteiger partial charge >= 0.3 is 0 Å². The fourth-order valence-electron chi connectivity index (χ4n) is 2.27. The molecule has 3 nitrogen and oxygen atoms in total. The molecule has 0 fully saturated rings. The number of aromatic hydroxyl groups is 1. The second-order valence-electron chi connectivity index (χ2n) is 4.90. The van der Waals surface area contributed by atoms with Gasteiger partial charge in [0.25, 0.3) is 0 Å². The summed E-state index contributed by atoms with van der Waals surface area (Å²) in [6, 6.07) is 5.66. The predicted molar refractivity (Wildman–Crippen MR) is 63.8 cm³/mol. The lowest BCUT2D eigenvalue weighted by Gasteiger charge is -2.38. The quantitative estimate of drug-likeness (QED) is 0.806. The summed E-state index contributed by atoms with van der Waals surface area (Å²) in [5.41, 5.74) is 0.951. The van der Waals surface area contributed by atoms with Gasteiger partial charge in [-0.3, -0.25) is 0 Å². The molecule has 1 unspecified atom stereocenters. The molecule has 1 heterocycles. The minimum absolute atomic E-state index is 0.187. The van der Waals surface area contributed by atoms with Gasteiger partial charge in [-0.25, -0.2) is 0 Å². The number of benzene rings is 1. The zero-order valence-electron chi connectivity index (χ0n) is 10.1. The predicted octanol–water partition coefficient (Wildman–Crippen LogP) is 2.60. The molecular formula is C13H19NO2. The van der Waals surface area contributed by atoms with Crippen molar-refractivity contribution in [2.24, 2.45) is 0 Å². The number of hydrogen-bond donors (Lipinski definition) is 2. The molecule has 88 valence electrons. The number of phenolic OH excluding ortho intramolecular Hbond substituents is 1. The Kier molecular flexibility index (Phi) is 2.80. The third-order valence-corrected chi connectivity index (χ3v) is 2.91. The Morgan fingerprint density at radius 2 is 2.25 bits per heavy atom. The lowest BCUT2D eigenvalue weighted by molar-refractivity contribution is 0.0661. The molecule has 0 aromatic heterocycles. The maximum Gasteiger partial charge on any atom is 0.128 e. The lowest BCUT2D eigenvalue weighted by Crippen LogP contribution is -2.39. The molecule has 1 atom stereocenters. The monoisotopic (exact) mass is 221 g/mol. The first-order valence-corrected chi connectivity index (χ1v) is 5.77. The van der Waals surface area contributed by atoms with Crippen LogP contribution >= 0.6 is 0 Å². The van der Waals surface area contributed by atoms with Gasteiger partial charge in [-0.2, -0.15) is 0 Å². The van der Waals surface area contributed by atoms with Crippen LogP contribution in [0.2, 0.25) is 0 Å². The zero-order valence-corrected chi connectivity index (χ0v) is 10.1. The number of rotatable bonds is 2. The second-order valence-corrected chi connectivity index (χ2v) is 4.90. The maximum absolute atomic E-state index is 9.47. The third kappa shape index (κ3) is 2.14. The van der Waals surface area contributed by atoms with E-state index >= 15 is 0 Å². The fourth-order valence-corrected chi connectivity index (χ4v) is 2.27. The molecule has 1 aliphatic rings. The Bertz CT molecular complexity index is 388. The smallest absolute Gasteiger partial charge is 0.128 e. The Morgan fingerprint density at radius 1 is 1.50 bits per heavy atom. The van der Waals surface area contributed by atoms with Crippen LogP contribution < -0.4 is 10.1 Å². The van der Waals surface area contributed by atoms with Crippen LogP contribution in [-0.2, 0) is 0 Å². The standard InChI is InChI=1S/C13H19NO2/c1-4-14-11-8-13(2,3)16-12-7-9(15)5-6-10(11)12/h5-7,11,14-15H,4,8H2,1-3H3. The van der Waals surface area contributed by atoms with E-state index in [-0.39, 0.29) is 11.4 Å². The van der Waals surface area contributed by atoms with E-state index in [1.807, 2.05) is 6.07 Å². The van der Waals surface area contributed by atoms with Gasteiger partial charge in [-0.05, 0) is 26.5 Å². The summed E-state index contributed by atoms with van der Waals surface area (Å²) < 4.78 is 5.88. The SMILES string of the molecule is CCNC1CC(C)(C)Oc2cc(O)ccc21. The van der Waals surface area contributed by atoms with E-state index in [1.165, 1.54) is 0 Å². The normalized spacial score (nSPS) is 22.3. The van der Waals surface area contributed by atoms with Crippen molar-refractivity contribution in [1.82, 2.24) is 5.32 Å². The Hall–Kier alpha value is -1.22. The van der Waals surface area contributed by atoms with Crippen molar-refractivity contribution >= 4 is 0 Å². The van der Waals surface area contributed by atoms with Crippen molar-refractivity contribution < 1.29 is 9.84 Å². The van der Waals surface area contributed by atoms with Crippen LogP contribution in [-0.4, -0.2) is 17.3 Å². The second kappa shape index (κ2) is 3.98. The first kappa shape index (κ1) is 11.3. The largest absolute Gasteiger partial charge is 0.508 e. The molecule has 0 saturated heterocycles. The molecular weight excluding hydrogens is 202 g/mol. The molecule has 0 radical (unpaired) electrons. The van der Waals surface area contributed by atoms with Crippen LogP contribution in [0.5, 0.6) is 11.5 Å². The number of hydrogen-bond acceptors (Lipinski definition) is 3.